The predicted molar refractivity (Wildman–Crippen MR) is 123 cm³/mol. The summed E-state index contributed by atoms with van der Waals surface area (Å²) in [7, 11) is -1.39. The van der Waals surface area contributed by atoms with Crippen molar-refractivity contribution in [2.75, 3.05) is 18.5 Å². The van der Waals surface area contributed by atoms with Crippen molar-refractivity contribution in [1.29, 1.82) is 0 Å². The van der Waals surface area contributed by atoms with Crippen molar-refractivity contribution in [3.63, 3.8) is 0 Å². The van der Waals surface area contributed by atoms with Crippen LogP contribution in [0.25, 0.3) is 0 Å². The summed E-state index contributed by atoms with van der Waals surface area (Å²) in [5, 5.41) is 2.90. The number of hydrogen-bond acceptors (Lipinski definition) is 4. The van der Waals surface area contributed by atoms with Crippen molar-refractivity contribution in [3.8, 4) is 0 Å². The highest BCUT2D eigenvalue weighted by atomic mass is 32.2. The first-order valence-corrected chi connectivity index (χ1v) is 12.0. The maximum Gasteiger partial charge on any atom is 0.251 e. The fraction of sp³-hybridized carbons (Fsp3) is 0.435. The molecule has 2 N–H and O–H groups in total. The molecule has 0 aliphatic rings. The van der Waals surface area contributed by atoms with Crippen LogP contribution in [0.1, 0.15) is 55.1 Å². The normalized spacial score (nSPS) is 11.5. The molecule has 0 fully saturated rings. The highest BCUT2D eigenvalue weighted by molar-refractivity contribution is 7.88. The molecule has 0 heterocycles. The summed E-state index contributed by atoms with van der Waals surface area (Å²) in [5.74, 6) is -0.300. The Hall–Kier alpha value is -2.38. The van der Waals surface area contributed by atoms with E-state index in [0.717, 1.165) is 30.6 Å². The SMILES string of the molecule is CCCCN(C)c1ccc(C(=O)NCc2ccccc2CS(=O)(=O)NC(C)C)cc1. The number of anilines is 1. The third-order valence-electron chi connectivity index (χ3n) is 4.74. The first kappa shape index (κ1) is 23.9. The number of sulfonamides is 1. The zero-order chi connectivity index (χ0) is 22.1. The van der Waals surface area contributed by atoms with E-state index in [2.05, 4.69) is 21.9 Å². The number of nitrogens with zero attached hydrogens (tertiary/aromatic N) is 1. The number of hydrogen-bond donors (Lipinski definition) is 2. The highest BCUT2D eigenvalue weighted by Crippen LogP contribution is 2.16. The predicted octanol–water partition coefficient (Wildman–Crippen LogP) is 3.68. The van der Waals surface area contributed by atoms with Crippen LogP contribution in [0.3, 0.4) is 0 Å². The molecule has 7 heteroatoms. The second kappa shape index (κ2) is 11.1. The van der Waals surface area contributed by atoms with Gasteiger partial charge in [-0.05, 0) is 55.7 Å². The maximum atomic E-state index is 12.6. The summed E-state index contributed by atoms with van der Waals surface area (Å²) in [4.78, 5) is 14.7. The molecule has 0 spiro atoms. The zero-order valence-corrected chi connectivity index (χ0v) is 19.1. The molecule has 0 saturated heterocycles. The van der Waals surface area contributed by atoms with E-state index in [1.54, 1.807) is 26.0 Å². The summed E-state index contributed by atoms with van der Waals surface area (Å²) >= 11 is 0. The highest BCUT2D eigenvalue weighted by Gasteiger charge is 2.16. The van der Waals surface area contributed by atoms with Crippen LogP contribution in [-0.4, -0.2) is 34.0 Å². The first-order chi connectivity index (χ1) is 14.2. The van der Waals surface area contributed by atoms with E-state index in [9.17, 15) is 13.2 Å². The van der Waals surface area contributed by atoms with Crippen LogP contribution in [0.4, 0.5) is 5.69 Å². The lowest BCUT2D eigenvalue weighted by atomic mass is 10.1. The van der Waals surface area contributed by atoms with Crippen molar-refractivity contribution in [3.05, 3.63) is 65.2 Å². The van der Waals surface area contributed by atoms with E-state index < -0.39 is 10.0 Å². The lowest BCUT2D eigenvalue weighted by molar-refractivity contribution is 0.0951. The molecule has 0 aliphatic heterocycles. The second-order valence-electron chi connectivity index (χ2n) is 7.81. The number of rotatable bonds is 11. The lowest BCUT2D eigenvalue weighted by Crippen LogP contribution is -2.32. The smallest absolute Gasteiger partial charge is 0.251 e. The monoisotopic (exact) mass is 431 g/mol. The van der Waals surface area contributed by atoms with E-state index in [4.69, 9.17) is 0 Å². The largest absolute Gasteiger partial charge is 0.375 e. The number of benzene rings is 2. The van der Waals surface area contributed by atoms with Crippen molar-refractivity contribution >= 4 is 21.6 Å². The molecular formula is C23H33N3O3S. The molecule has 30 heavy (non-hydrogen) atoms. The molecule has 2 rings (SSSR count). The quantitative estimate of drug-likeness (QED) is 0.569. The first-order valence-electron chi connectivity index (χ1n) is 10.4. The number of carbonyl (C=O) groups excluding carboxylic acids is 1. The Labute approximate surface area is 180 Å². The molecule has 6 nitrogen and oxygen atoms in total. The molecule has 0 radical (unpaired) electrons. The van der Waals surface area contributed by atoms with Gasteiger partial charge in [0.05, 0.1) is 5.75 Å². The topological polar surface area (TPSA) is 78.5 Å². The Kier molecular flexibility index (Phi) is 8.87. The van der Waals surface area contributed by atoms with Gasteiger partial charge in [0.1, 0.15) is 0 Å². The van der Waals surface area contributed by atoms with Crippen molar-refractivity contribution in [2.45, 2.75) is 52.0 Å². The molecule has 0 saturated carbocycles. The van der Waals surface area contributed by atoms with E-state index >= 15 is 0 Å². The molecule has 2 aromatic rings. The Morgan fingerprint density at radius 3 is 2.27 bits per heavy atom. The number of amides is 1. The van der Waals surface area contributed by atoms with Crippen molar-refractivity contribution < 1.29 is 13.2 Å². The van der Waals surface area contributed by atoms with Crippen LogP contribution < -0.4 is 14.9 Å². The molecule has 0 bridgehead atoms. The van der Waals surface area contributed by atoms with Crippen LogP contribution >= 0.6 is 0 Å². The van der Waals surface area contributed by atoms with Crippen LogP contribution in [0.2, 0.25) is 0 Å². The van der Waals surface area contributed by atoms with Crippen molar-refractivity contribution in [2.24, 2.45) is 0 Å². The summed E-state index contributed by atoms with van der Waals surface area (Å²) in [6.07, 6.45) is 2.27. The van der Waals surface area contributed by atoms with Gasteiger partial charge in [-0.25, -0.2) is 13.1 Å². The summed E-state index contributed by atoms with van der Waals surface area (Å²) in [6.45, 7) is 6.99. The van der Waals surface area contributed by atoms with Gasteiger partial charge in [-0.3, -0.25) is 4.79 Å². The average Bonchev–Trinajstić information content (AvgIpc) is 2.70. The Morgan fingerprint density at radius 1 is 1.03 bits per heavy atom. The minimum absolute atomic E-state index is 0.115. The Bertz CT molecular complexity index is 925. The molecule has 2 aromatic carbocycles. The van der Waals surface area contributed by atoms with Crippen LogP contribution in [0.5, 0.6) is 0 Å². The minimum atomic E-state index is -3.43. The van der Waals surface area contributed by atoms with E-state index in [1.165, 1.54) is 0 Å². The molecule has 0 atom stereocenters. The Morgan fingerprint density at radius 2 is 1.67 bits per heavy atom. The maximum absolute atomic E-state index is 12.6. The van der Waals surface area contributed by atoms with Gasteiger partial charge in [0.25, 0.3) is 5.91 Å². The van der Waals surface area contributed by atoms with E-state index in [1.807, 2.05) is 43.4 Å². The van der Waals surface area contributed by atoms with E-state index in [-0.39, 0.29) is 24.2 Å². The lowest BCUT2D eigenvalue weighted by Gasteiger charge is -2.19. The molecular weight excluding hydrogens is 398 g/mol. The van der Waals surface area contributed by atoms with Gasteiger partial charge in [0, 0.05) is 37.4 Å². The van der Waals surface area contributed by atoms with Gasteiger partial charge in [0.2, 0.25) is 10.0 Å². The second-order valence-corrected chi connectivity index (χ2v) is 9.56. The zero-order valence-electron chi connectivity index (χ0n) is 18.3. The third-order valence-corrected chi connectivity index (χ3v) is 6.26. The van der Waals surface area contributed by atoms with Gasteiger partial charge >= 0.3 is 0 Å². The molecule has 0 aromatic heterocycles. The van der Waals surface area contributed by atoms with Gasteiger partial charge in [-0.15, -0.1) is 0 Å². The fourth-order valence-corrected chi connectivity index (χ4v) is 4.64. The molecule has 164 valence electrons. The minimum Gasteiger partial charge on any atom is -0.375 e. The van der Waals surface area contributed by atoms with Crippen LogP contribution in [-0.2, 0) is 22.3 Å². The van der Waals surface area contributed by atoms with Gasteiger partial charge in [-0.2, -0.15) is 0 Å². The summed E-state index contributed by atoms with van der Waals surface area (Å²) in [5.41, 5.74) is 3.12. The number of carbonyl (C=O) groups is 1. The van der Waals surface area contributed by atoms with Crippen molar-refractivity contribution in [1.82, 2.24) is 10.0 Å². The molecule has 1 amide bonds. The Balaban J connectivity index is 2.01. The van der Waals surface area contributed by atoms with Gasteiger partial charge in [-0.1, -0.05) is 37.6 Å². The molecule has 0 aliphatic carbocycles. The van der Waals surface area contributed by atoms with Gasteiger partial charge in [0.15, 0.2) is 0 Å². The van der Waals surface area contributed by atoms with E-state index in [0.29, 0.717) is 11.1 Å². The van der Waals surface area contributed by atoms with Crippen LogP contribution in [0.15, 0.2) is 48.5 Å². The summed E-state index contributed by atoms with van der Waals surface area (Å²) in [6, 6.07) is 14.6. The fourth-order valence-electron chi connectivity index (χ4n) is 3.15. The van der Waals surface area contributed by atoms with Crippen LogP contribution in [0, 0.1) is 0 Å². The third kappa shape index (κ3) is 7.46. The van der Waals surface area contributed by atoms with Gasteiger partial charge < -0.3 is 10.2 Å². The standard InChI is InChI=1S/C23H33N3O3S/c1-5-6-15-26(4)22-13-11-19(12-14-22)23(27)24-16-20-9-7-8-10-21(20)17-30(28,29)25-18(2)3/h7-14,18,25H,5-6,15-17H2,1-4H3,(H,24,27). The summed E-state index contributed by atoms with van der Waals surface area (Å²) < 4.78 is 27.1. The average molecular weight is 432 g/mol. The number of nitrogens with one attached hydrogen (secondary N) is 2. The number of unbranched alkanes of at least 4 members (excludes halogenated alkanes) is 1. The molecule has 0 unspecified atom stereocenters.